The molecule has 0 heterocycles. The van der Waals surface area contributed by atoms with Crippen LogP contribution in [-0.2, 0) is 12.8 Å². The number of halogens is 1. The average Bonchev–Trinajstić information content (AvgIpc) is 2.53. The summed E-state index contributed by atoms with van der Waals surface area (Å²) >= 11 is 0. The van der Waals surface area contributed by atoms with E-state index in [4.69, 9.17) is 4.74 Å². The van der Waals surface area contributed by atoms with Crippen LogP contribution in [-0.4, -0.2) is 7.11 Å². The zero-order valence-corrected chi connectivity index (χ0v) is 12.3. The molecule has 0 aliphatic rings. The Morgan fingerprint density at radius 1 is 1.24 bits per heavy atom. The maximum atomic E-state index is 13.9. The Morgan fingerprint density at radius 3 is 2.62 bits per heavy atom. The van der Waals surface area contributed by atoms with Crippen molar-refractivity contribution in [1.29, 1.82) is 5.26 Å². The molecular formula is C18H18FNO. The summed E-state index contributed by atoms with van der Waals surface area (Å²) in [5.41, 5.74) is 2.55. The van der Waals surface area contributed by atoms with Gasteiger partial charge in [0.25, 0.3) is 0 Å². The van der Waals surface area contributed by atoms with Gasteiger partial charge >= 0.3 is 0 Å². The minimum atomic E-state index is -0.521. The molecule has 0 N–H and O–H groups in total. The van der Waals surface area contributed by atoms with Crippen molar-refractivity contribution in [2.75, 3.05) is 7.11 Å². The van der Waals surface area contributed by atoms with Gasteiger partial charge in [0.1, 0.15) is 11.6 Å². The van der Waals surface area contributed by atoms with Gasteiger partial charge in [0, 0.05) is 5.56 Å². The normalized spacial score (nSPS) is 11.7. The summed E-state index contributed by atoms with van der Waals surface area (Å²) in [6.45, 7) is 2.07. The Hall–Kier alpha value is -2.34. The summed E-state index contributed by atoms with van der Waals surface area (Å²) in [4.78, 5) is 0. The lowest BCUT2D eigenvalue weighted by molar-refractivity contribution is 0.408. The van der Waals surface area contributed by atoms with E-state index >= 15 is 0 Å². The third-order valence-electron chi connectivity index (χ3n) is 3.61. The first-order valence-electron chi connectivity index (χ1n) is 6.99. The van der Waals surface area contributed by atoms with Gasteiger partial charge in [-0.05, 0) is 36.1 Å². The van der Waals surface area contributed by atoms with E-state index in [1.165, 1.54) is 11.6 Å². The molecule has 0 fully saturated rings. The molecule has 2 aromatic carbocycles. The van der Waals surface area contributed by atoms with Gasteiger partial charge in [-0.2, -0.15) is 5.26 Å². The van der Waals surface area contributed by atoms with E-state index in [1.54, 1.807) is 25.3 Å². The Labute approximate surface area is 124 Å². The number of methoxy groups -OCH3 is 1. The Kier molecular flexibility index (Phi) is 4.94. The minimum absolute atomic E-state index is 0.338. The molecule has 2 rings (SSSR count). The van der Waals surface area contributed by atoms with Crippen molar-refractivity contribution in [2.24, 2.45) is 0 Å². The molecule has 2 aromatic rings. The van der Waals surface area contributed by atoms with Crippen LogP contribution in [0.15, 0.2) is 42.5 Å². The molecule has 1 unspecified atom stereocenters. The van der Waals surface area contributed by atoms with Crippen LogP contribution in [0, 0.1) is 17.1 Å². The van der Waals surface area contributed by atoms with Crippen molar-refractivity contribution in [3.05, 3.63) is 65.0 Å². The Morgan fingerprint density at radius 2 is 2.00 bits per heavy atom. The molecule has 0 saturated heterocycles. The van der Waals surface area contributed by atoms with Crippen LogP contribution in [0.1, 0.15) is 29.5 Å². The van der Waals surface area contributed by atoms with Gasteiger partial charge in [0.05, 0.1) is 19.1 Å². The third-order valence-corrected chi connectivity index (χ3v) is 3.61. The van der Waals surface area contributed by atoms with Gasteiger partial charge in [-0.15, -0.1) is 0 Å². The second-order valence-electron chi connectivity index (χ2n) is 4.91. The Bertz CT molecular complexity index is 661. The number of ether oxygens (including phenoxy) is 1. The molecule has 0 saturated carbocycles. The topological polar surface area (TPSA) is 33.0 Å². The van der Waals surface area contributed by atoms with Gasteiger partial charge in [-0.3, -0.25) is 0 Å². The van der Waals surface area contributed by atoms with Crippen LogP contribution in [0.25, 0.3) is 0 Å². The quantitative estimate of drug-likeness (QED) is 0.822. The smallest absolute Gasteiger partial charge is 0.127 e. The number of nitrogens with zero attached hydrogens (tertiary/aromatic N) is 1. The number of hydrogen-bond donors (Lipinski definition) is 0. The van der Waals surface area contributed by atoms with Crippen LogP contribution >= 0.6 is 0 Å². The van der Waals surface area contributed by atoms with Crippen LogP contribution in [0.5, 0.6) is 5.75 Å². The number of rotatable bonds is 5. The fraction of sp³-hybridized carbons (Fsp3) is 0.278. The summed E-state index contributed by atoms with van der Waals surface area (Å²) < 4.78 is 19.2. The lowest BCUT2D eigenvalue weighted by Crippen LogP contribution is -2.05. The molecule has 0 amide bonds. The lowest BCUT2D eigenvalue weighted by Gasteiger charge is -2.14. The summed E-state index contributed by atoms with van der Waals surface area (Å²) in [7, 11) is 1.61. The molecule has 108 valence electrons. The van der Waals surface area contributed by atoms with Gasteiger partial charge < -0.3 is 4.74 Å². The first kappa shape index (κ1) is 15.1. The highest BCUT2D eigenvalue weighted by Gasteiger charge is 2.17. The zero-order valence-electron chi connectivity index (χ0n) is 12.3. The fourth-order valence-corrected chi connectivity index (χ4v) is 2.41. The molecule has 0 radical (unpaired) electrons. The van der Waals surface area contributed by atoms with E-state index in [1.807, 2.05) is 18.2 Å². The summed E-state index contributed by atoms with van der Waals surface area (Å²) in [5, 5.41) is 9.40. The van der Waals surface area contributed by atoms with Gasteiger partial charge in [0.15, 0.2) is 0 Å². The maximum Gasteiger partial charge on any atom is 0.127 e. The summed E-state index contributed by atoms with van der Waals surface area (Å²) in [6.07, 6.45) is 1.35. The van der Waals surface area contributed by atoms with E-state index in [2.05, 4.69) is 13.0 Å². The fourth-order valence-electron chi connectivity index (χ4n) is 2.41. The number of nitriles is 1. The predicted molar refractivity (Wildman–Crippen MR) is 80.8 cm³/mol. The molecule has 0 spiro atoms. The number of aryl methyl sites for hydroxylation is 1. The van der Waals surface area contributed by atoms with E-state index in [-0.39, 0.29) is 5.82 Å². The molecule has 0 bridgehead atoms. The maximum absolute atomic E-state index is 13.9. The second-order valence-corrected chi connectivity index (χ2v) is 4.91. The Balaban J connectivity index is 2.35. The largest absolute Gasteiger partial charge is 0.496 e. The van der Waals surface area contributed by atoms with Gasteiger partial charge in [0.2, 0.25) is 0 Å². The highest BCUT2D eigenvalue weighted by Crippen LogP contribution is 2.28. The molecule has 0 aromatic heterocycles. The lowest BCUT2D eigenvalue weighted by atomic mass is 9.91. The molecule has 21 heavy (non-hydrogen) atoms. The van der Waals surface area contributed by atoms with Crippen LogP contribution in [0.4, 0.5) is 4.39 Å². The van der Waals surface area contributed by atoms with Crippen molar-refractivity contribution >= 4 is 0 Å². The second kappa shape index (κ2) is 6.90. The van der Waals surface area contributed by atoms with Crippen molar-refractivity contribution < 1.29 is 9.13 Å². The number of hydrogen-bond acceptors (Lipinski definition) is 2. The third kappa shape index (κ3) is 3.41. The highest BCUT2D eigenvalue weighted by molar-refractivity contribution is 5.40. The average molecular weight is 283 g/mol. The van der Waals surface area contributed by atoms with E-state index in [9.17, 15) is 9.65 Å². The minimum Gasteiger partial charge on any atom is -0.496 e. The van der Waals surface area contributed by atoms with Gasteiger partial charge in [-0.25, -0.2) is 4.39 Å². The van der Waals surface area contributed by atoms with Crippen LogP contribution < -0.4 is 4.74 Å². The predicted octanol–water partition coefficient (Wildman–Crippen LogP) is 4.25. The highest BCUT2D eigenvalue weighted by atomic mass is 19.1. The molecular weight excluding hydrogens is 265 g/mol. The standard InChI is InChI=1S/C18H18FNO/c1-3-13-8-9-18(21-2)14(10-13)11-15(12-20)16-6-4-5-7-17(16)19/h4-10,15H,3,11H2,1-2H3. The van der Waals surface area contributed by atoms with Crippen molar-refractivity contribution in [1.82, 2.24) is 0 Å². The monoisotopic (exact) mass is 283 g/mol. The first-order chi connectivity index (χ1) is 10.2. The molecule has 0 aliphatic carbocycles. The number of benzene rings is 2. The summed E-state index contributed by atoms with van der Waals surface area (Å²) in [5.74, 6) is -0.120. The van der Waals surface area contributed by atoms with Crippen LogP contribution in [0.3, 0.4) is 0 Å². The molecule has 0 aliphatic heterocycles. The first-order valence-corrected chi connectivity index (χ1v) is 6.99. The zero-order chi connectivity index (χ0) is 15.2. The van der Waals surface area contributed by atoms with Crippen LogP contribution in [0.2, 0.25) is 0 Å². The molecule has 1 atom stereocenters. The molecule has 3 heteroatoms. The SMILES string of the molecule is CCc1ccc(OC)c(CC(C#N)c2ccccc2F)c1. The van der Waals surface area contributed by atoms with Crippen molar-refractivity contribution in [2.45, 2.75) is 25.7 Å². The van der Waals surface area contributed by atoms with Gasteiger partial charge in [-0.1, -0.05) is 37.3 Å². The van der Waals surface area contributed by atoms with Crippen molar-refractivity contribution in [3.8, 4) is 11.8 Å². The molecule has 2 nitrogen and oxygen atoms in total. The summed E-state index contributed by atoms with van der Waals surface area (Å²) in [6, 6.07) is 14.6. The van der Waals surface area contributed by atoms with E-state index < -0.39 is 5.92 Å². The van der Waals surface area contributed by atoms with Crippen molar-refractivity contribution in [3.63, 3.8) is 0 Å². The van der Waals surface area contributed by atoms with E-state index in [0.29, 0.717) is 12.0 Å². The van der Waals surface area contributed by atoms with E-state index in [0.717, 1.165) is 17.7 Å².